The smallest absolute Gasteiger partial charge is 0.258 e. The highest BCUT2D eigenvalue weighted by Gasteiger charge is 2.27. The minimum absolute atomic E-state index is 0.206. The molecular formula is C26H25BrN4O2. The molecule has 1 aliphatic heterocycles. The van der Waals surface area contributed by atoms with Crippen LogP contribution in [0.2, 0.25) is 0 Å². The molecule has 2 amide bonds. The molecule has 0 atom stereocenters. The number of nitrogens with one attached hydrogen (secondary N) is 2. The quantitative estimate of drug-likeness (QED) is 0.396. The molecule has 33 heavy (non-hydrogen) atoms. The lowest BCUT2D eigenvalue weighted by molar-refractivity contribution is -0.110. The number of carbonyl (C=O) groups is 2. The van der Waals surface area contributed by atoms with Gasteiger partial charge in [-0.25, -0.2) is 0 Å². The van der Waals surface area contributed by atoms with Crippen molar-refractivity contribution in [1.82, 2.24) is 4.90 Å². The van der Waals surface area contributed by atoms with Gasteiger partial charge >= 0.3 is 0 Å². The van der Waals surface area contributed by atoms with E-state index in [0.29, 0.717) is 16.8 Å². The van der Waals surface area contributed by atoms with Gasteiger partial charge < -0.3 is 16.4 Å². The Morgan fingerprint density at radius 2 is 1.61 bits per heavy atom. The summed E-state index contributed by atoms with van der Waals surface area (Å²) in [5.41, 5.74) is 11.7. The first kappa shape index (κ1) is 22.8. The van der Waals surface area contributed by atoms with Gasteiger partial charge in [-0.2, -0.15) is 0 Å². The summed E-state index contributed by atoms with van der Waals surface area (Å²) in [6, 6.07) is 21.5. The fourth-order valence-corrected chi connectivity index (χ4v) is 4.20. The summed E-state index contributed by atoms with van der Waals surface area (Å²) in [4.78, 5) is 26.2. The van der Waals surface area contributed by atoms with Crippen molar-refractivity contribution in [2.75, 3.05) is 17.7 Å². The van der Waals surface area contributed by atoms with Crippen molar-refractivity contribution in [1.29, 1.82) is 0 Å². The maximum atomic E-state index is 12.6. The number of hydrogen-bond donors (Lipinski definition) is 3. The number of nitrogens with two attached hydrogens (primary N) is 1. The van der Waals surface area contributed by atoms with Gasteiger partial charge in [-0.3, -0.25) is 14.5 Å². The second-order valence-corrected chi connectivity index (χ2v) is 9.12. The summed E-state index contributed by atoms with van der Waals surface area (Å²) in [7, 11) is 2.10. The minimum atomic E-state index is -0.526. The summed E-state index contributed by atoms with van der Waals surface area (Å²) in [5.74, 6) is -0.732. The number of benzene rings is 3. The highest BCUT2D eigenvalue weighted by molar-refractivity contribution is 9.10. The van der Waals surface area contributed by atoms with Crippen LogP contribution in [-0.2, 0) is 17.9 Å². The molecule has 0 bridgehead atoms. The zero-order valence-electron chi connectivity index (χ0n) is 18.5. The lowest BCUT2D eigenvalue weighted by Crippen LogP contribution is -2.17. The van der Waals surface area contributed by atoms with Gasteiger partial charge in [-0.05, 0) is 61.5 Å². The third kappa shape index (κ3) is 5.32. The van der Waals surface area contributed by atoms with Gasteiger partial charge in [0.15, 0.2) is 0 Å². The molecule has 168 valence electrons. The van der Waals surface area contributed by atoms with Crippen LogP contribution in [0.1, 0.15) is 34.0 Å². The molecule has 0 unspecified atom stereocenters. The zero-order chi connectivity index (χ0) is 23.5. The van der Waals surface area contributed by atoms with Crippen LogP contribution in [0, 0.1) is 0 Å². The van der Waals surface area contributed by atoms with E-state index in [0.717, 1.165) is 34.5 Å². The number of anilines is 2. The van der Waals surface area contributed by atoms with Gasteiger partial charge in [0.05, 0.1) is 5.57 Å². The SMILES string of the molecule is CC(Nc1ccc(CN(C)Cc2ccc(Br)cc2)cc1)=C1C(=O)Nc2cc(C(N)=O)ccc21. The highest BCUT2D eigenvalue weighted by Crippen LogP contribution is 2.34. The van der Waals surface area contributed by atoms with Gasteiger partial charge in [0.1, 0.15) is 0 Å². The molecular weight excluding hydrogens is 480 g/mol. The van der Waals surface area contributed by atoms with Crippen LogP contribution >= 0.6 is 15.9 Å². The first-order chi connectivity index (χ1) is 15.8. The first-order valence-electron chi connectivity index (χ1n) is 10.6. The van der Waals surface area contributed by atoms with Gasteiger partial charge in [0.2, 0.25) is 5.91 Å². The molecule has 0 fully saturated rings. The number of nitrogens with zero attached hydrogens (tertiary/aromatic N) is 1. The van der Waals surface area contributed by atoms with Crippen molar-refractivity contribution in [3.05, 3.63) is 99.2 Å². The molecule has 0 radical (unpaired) electrons. The summed E-state index contributed by atoms with van der Waals surface area (Å²) in [6.07, 6.45) is 0. The second-order valence-electron chi connectivity index (χ2n) is 8.20. The molecule has 0 saturated carbocycles. The Morgan fingerprint density at radius 1 is 1.00 bits per heavy atom. The Bertz CT molecular complexity index is 1230. The van der Waals surface area contributed by atoms with Crippen LogP contribution in [-0.4, -0.2) is 23.8 Å². The third-order valence-corrected chi connectivity index (χ3v) is 6.06. The lowest BCUT2D eigenvalue weighted by atomic mass is 10.0. The van der Waals surface area contributed by atoms with Crippen molar-refractivity contribution < 1.29 is 9.59 Å². The first-order valence-corrected chi connectivity index (χ1v) is 11.3. The number of amides is 2. The largest absolute Gasteiger partial charge is 0.366 e. The molecule has 0 spiro atoms. The Labute approximate surface area is 201 Å². The van der Waals surface area contributed by atoms with Crippen molar-refractivity contribution in [3.8, 4) is 0 Å². The van der Waals surface area contributed by atoms with E-state index < -0.39 is 5.91 Å². The minimum Gasteiger partial charge on any atom is -0.366 e. The molecule has 3 aromatic carbocycles. The predicted octanol–water partition coefficient (Wildman–Crippen LogP) is 4.98. The number of allylic oxidation sites excluding steroid dienone is 1. The molecule has 4 N–H and O–H groups in total. The molecule has 6 nitrogen and oxygen atoms in total. The van der Waals surface area contributed by atoms with Gasteiger partial charge in [-0.1, -0.05) is 46.3 Å². The maximum absolute atomic E-state index is 12.6. The van der Waals surface area contributed by atoms with Crippen molar-refractivity contribution in [2.45, 2.75) is 20.0 Å². The molecule has 3 aromatic rings. The molecule has 0 saturated heterocycles. The average molecular weight is 505 g/mol. The predicted molar refractivity (Wildman–Crippen MR) is 136 cm³/mol. The standard InChI is InChI=1S/C26H25BrN4O2/c1-16(24-22-12-7-19(25(28)32)13-23(22)30-26(24)33)29-21-10-5-18(6-11-21)15-31(2)14-17-3-8-20(27)9-4-17/h3-13,29H,14-15H2,1-2H3,(H2,28,32)(H,30,33). The van der Waals surface area contributed by atoms with E-state index in [-0.39, 0.29) is 5.91 Å². The Balaban J connectivity index is 1.43. The topological polar surface area (TPSA) is 87.5 Å². The number of rotatable bonds is 7. The van der Waals surface area contributed by atoms with Gasteiger partial charge in [-0.15, -0.1) is 0 Å². The molecule has 4 rings (SSSR count). The van der Waals surface area contributed by atoms with Crippen LogP contribution in [0.4, 0.5) is 11.4 Å². The Hall–Kier alpha value is -3.42. The van der Waals surface area contributed by atoms with Crippen LogP contribution in [0.3, 0.4) is 0 Å². The number of hydrogen-bond acceptors (Lipinski definition) is 4. The fraction of sp³-hybridized carbons (Fsp3) is 0.154. The van der Waals surface area contributed by atoms with E-state index >= 15 is 0 Å². The molecule has 0 aliphatic carbocycles. The summed E-state index contributed by atoms with van der Waals surface area (Å²) >= 11 is 3.47. The monoisotopic (exact) mass is 504 g/mol. The second kappa shape index (κ2) is 9.60. The van der Waals surface area contributed by atoms with E-state index in [1.54, 1.807) is 18.2 Å². The van der Waals surface area contributed by atoms with Crippen LogP contribution in [0.15, 0.2) is 76.9 Å². The number of carbonyl (C=O) groups excluding carboxylic acids is 2. The summed E-state index contributed by atoms with van der Waals surface area (Å²) in [5, 5.41) is 6.14. The van der Waals surface area contributed by atoms with E-state index in [9.17, 15) is 9.59 Å². The fourth-order valence-electron chi connectivity index (χ4n) is 3.94. The van der Waals surface area contributed by atoms with Crippen LogP contribution < -0.4 is 16.4 Å². The lowest BCUT2D eigenvalue weighted by Gasteiger charge is -2.17. The Kier molecular flexibility index (Phi) is 6.62. The van der Waals surface area contributed by atoms with Crippen molar-refractivity contribution in [2.24, 2.45) is 5.73 Å². The molecule has 1 heterocycles. The zero-order valence-corrected chi connectivity index (χ0v) is 20.1. The van der Waals surface area contributed by atoms with Crippen molar-refractivity contribution >= 4 is 44.7 Å². The van der Waals surface area contributed by atoms with E-state index in [4.69, 9.17) is 5.73 Å². The van der Waals surface area contributed by atoms with Gasteiger partial charge in [0.25, 0.3) is 5.91 Å². The maximum Gasteiger partial charge on any atom is 0.258 e. The van der Waals surface area contributed by atoms with E-state index in [2.05, 4.69) is 74.9 Å². The Morgan fingerprint density at radius 3 is 2.21 bits per heavy atom. The van der Waals surface area contributed by atoms with Gasteiger partial charge in [0, 0.05) is 45.8 Å². The van der Waals surface area contributed by atoms with E-state index in [1.807, 2.05) is 19.1 Å². The average Bonchev–Trinajstić information content (AvgIpc) is 3.11. The number of halogens is 1. The van der Waals surface area contributed by atoms with E-state index in [1.165, 1.54) is 11.1 Å². The number of fused-ring (bicyclic) bond motifs is 1. The molecule has 7 heteroatoms. The van der Waals surface area contributed by atoms with Crippen LogP contribution in [0.25, 0.3) is 5.57 Å². The normalized spacial score (nSPS) is 14.1. The molecule has 1 aliphatic rings. The summed E-state index contributed by atoms with van der Waals surface area (Å²) < 4.78 is 1.08. The van der Waals surface area contributed by atoms with Crippen molar-refractivity contribution in [3.63, 3.8) is 0 Å². The third-order valence-electron chi connectivity index (χ3n) is 5.53. The number of primary amides is 1. The summed E-state index contributed by atoms with van der Waals surface area (Å²) in [6.45, 7) is 3.56. The molecule has 0 aromatic heterocycles. The highest BCUT2D eigenvalue weighted by atomic mass is 79.9. The van der Waals surface area contributed by atoms with Crippen LogP contribution in [0.5, 0.6) is 0 Å².